The Morgan fingerprint density at radius 3 is 2.51 bits per heavy atom. The molecular formula is C25H26ClN7O5S. The van der Waals surface area contributed by atoms with Gasteiger partial charge < -0.3 is 24.3 Å². The Morgan fingerprint density at radius 1 is 1.10 bits per heavy atom. The standard InChI is InChI=1S/C25H26ClN7O5S/c1-33(2)39(3,35)32-15-9-27-23(28-10-15)14-6-4-13(5-7-14)20-16(26)8-17-24(30-20)31-25(29-17)38-19-12-37-21-18(34)11-36-22(19)21/h4-10,18-19,21-22,34H,11-12H2,1-3H3,(H,29,30,31)/t18-,19-,21-,22-,39?/m1/s1. The molecule has 5 heterocycles. The summed E-state index contributed by atoms with van der Waals surface area (Å²) in [5.74, 6) is 0.508. The first-order valence-corrected chi connectivity index (χ1v) is 14.4. The van der Waals surface area contributed by atoms with Crippen molar-refractivity contribution in [1.29, 1.82) is 0 Å². The molecule has 4 aromatic rings. The Balaban J connectivity index is 1.20. The topological polar surface area (TPSA) is 148 Å². The molecule has 12 nitrogen and oxygen atoms in total. The molecule has 0 bridgehead atoms. The molecule has 5 atom stereocenters. The van der Waals surface area contributed by atoms with Crippen molar-refractivity contribution < 1.29 is 23.5 Å². The van der Waals surface area contributed by atoms with Crippen LogP contribution in [0.4, 0.5) is 5.69 Å². The Hall–Kier alpha value is -3.20. The van der Waals surface area contributed by atoms with Crippen LogP contribution < -0.4 is 4.74 Å². The number of aromatic amines is 1. The smallest absolute Gasteiger partial charge is 0.296 e. The van der Waals surface area contributed by atoms with Gasteiger partial charge in [0.1, 0.15) is 33.9 Å². The summed E-state index contributed by atoms with van der Waals surface area (Å²) in [5, 5.41) is 10.4. The molecule has 0 spiro atoms. The Bertz CT molecular complexity index is 1640. The van der Waals surface area contributed by atoms with Gasteiger partial charge in [-0.2, -0.15) is 9.35 Å². The van der Waals surface area contributed by atoms with Crippen LogP contribution in [0.1, 0.15) is 0 Å². The van der Waals surface area contributed by atoms with Crippen molar-refractivity contribution in [1.82, 2.24) is 29.2 Å². The molecule has 0 aliphatic carbocycles. The number of rotatable bonds is 6. The van der Waals surface area contributed by atoms with Gasteiger partial charge in [0.15, 0.2) is 17.6 Å². The quantitative estimate of drug-likeness (QED) is 0.356. The molecule has 6 rings (SSSR count). The predicted molar refractivity (Wildman–Crippen MR) is 145 cm³/mol. The number of aliphatic hydroxyl groups excluding tert-OH is 1. The van der Waals surface area contributed by atoms with E-state index >= 15 is 0 Å². The van der Waals surface area contributed by atoms with Crippen LogP contribution in [0.3, 0.4) is 0 Å². The number of ether oxygens (including phenoxy) is 3. The molecule has 0 saturated carbocycles. The molecule has 1 unspecified atom stereocenters. The lowest BCUT2D eigenvalue weighted by Gasteiger charge is -2.15. The highest BCUT2D eigenvalue weighted by Crippen LogP contribution is 2.33. The van der Waals surface area contributed by atoms with E-state index in [0.717, 1.165) is 11.1 Å². The molecule has 14 heteroatoms. The minimum atomic E-state index is -2.52. The molecule has 1 aromatic carbocycles. The second-order valence-electron chi connectivity index (χ2n) is 9.56. The Kier molecular flexibility index (Phi) is 6.73. The van der Waals surface area contributed by atoms with E-state index in [1.165, 1.54) is 0 Å². The van der Waals surface area contributed by atoms with E-state index < -0.39 is 22.1 Å². The number of H-pyrrole nitrogens is 1. The summed E-state index contributed by atoms with van der Waals surface area (Å²) in [5.41, 5.74) is 3.67. The first-order valence-electron chi connectivity index (χ1n) is 12.1. The number of hydrogen-bond donors (Lipinski definition) is 2. The van der Waals surface area contributed by atoms with Crippen LogP contribution in [0.2, 0.25) is 5.02 Å². The zero-order valence-electron chi connectivity index (χ0n) is 21.3. The number of benzene rings is 1. The van der Waals surface area contributed by atoms with Gasteiger partial charge in [-0.05, 0) is 6.07 Å². The molecule has 2 saturated heterocycles. The van der Waals surface area contributed by atoms with E-state index in [9.17, 15) is 9.32 Å². The number of aromatic nitrogens is 5. The molecule has 0 amide bonds. The third kappa shape index (κ3) is 5.09. The van der Waals surface area contributed by atoms with Gasteiger partial charge in [-0.25, -0.2) is 23.5 Å². The number of aliphatic hydroxyl groups is 1. The van der Waals surface area contributed by atoms with Crippen LogP contribution in [-0.4, -0.2) is 96.5 Å². The number of hydrogen-bond acceptors (Lipinski definition) is 10. The second-order valence-corrected chi connectivity index (χ2v) is 12.4. The number of nitrogens with zero attached hydrogens (tertiary/aromatic N) is 6. The molecule has 2 aliphatic heterocycles. The first-order chi connectivity index (χ1) is 18.7. The fourth-order valence-corrected chi connectivity index (χ4v) is 5.32. The van der Waals surface area contributed by atoms with E-state index in [-0.39, 0.29) is 24.8 Å². The van der Waals surface area contributed by atoms with Gasteiger partial charge in [-0.3, -0.25) is 0 Å². The lowest BCUT2D eigenvalue weighted by Crippen LogP contribution is -2.34. The molecule has 2 N–H and O–H groups in total. The average molecular weight is 572 g/mol. The van der Waals surface area contributed by atoms with Crippen LogP contribution in [0.15, 0.2) is 47.1 Å². The number of imidazole rings is 1. The van der Waals surface area contributed by atoms with Gasteiger partial charge in [0.2, 0.25) is 0 Å². The SMILES string of the molecule is CN(C)S(C)(=O)=Nc1cnc(-c2ccc(-c3nc4nc(O[C@@H]5CO[C@H]6[C@@H]5OC[C@H]6O)[nH]c4cc3Cl)cc2)nc1. The first kappa shape index (κ1) is 26.0. The lowest BCUT2D eigenvalue weighted by atomic mass is 10.1. The fraction of sp³-hybridized carbons (Fsp3) is 0.360. The van der Waals surface area contributed by atoms with Crippen LogP contribution in [0, 0.1) is 0 Å². The zero-order chi connectivity index (χ0) is 27.3. The molecule has 0 radical (unpaired) electrons. The summed E-state index contributed by atoms with van der Waals surface area (Å²) in [6, 6.07) is 9.53. The van der Waals surface area contributed by atoms with E-state index in [1.807, 2.05) is 24.3 Å². The van der Waals surface area contributed by atoms with Gasteiger partial charge in [0, 0.05) is 31.5 Å². The lowest BCUT2D eigenvalue weighted by molar-refractivity contribution is 0.00706. The number of fused-ring (bicyclic) bond motifs is 2. The monoisotopic (exact) mass is 571 g/mol. The molecular weight excluding hydrogens is 546 g/mol. The van der Waals surface area contributed by atoms with Gasteiger partial charge in [0.05, 0.1) is 41.8 Å². The van der Waals surface area contributed by atoms with Gasteiger partial charge >= 0.3 is 0 Å². The van der Waals surface area contributed by atoms with Crippen molar-refractivity contribution in [2.24, 2.45) is 4.36 Å². The Labute approximate surface area is 229 Å². The minimum absolute atomic E-state index is 0.223. The highest BCUT2D eigenvalue weighted by molar-refractivity contribution is 7.90. The summed E-state index contributed by atoms with van der Waals surface area (Å²) in [7, 11) is 0.892. The third-order valence-electron chi connectivity index (χ3n) is 6.66. The van der Waals surface area contributed by atoms with E-state index in [2.05, 4.69) is 29.3 Å². The van der Waals surface area contributed by atoms with Crippen LogP contribution >= 0.6 is 11.6 Å². The second kappa shape index (κ2) is 10.1. The summed E-state index contributed by atoms with van der Waals surface area (Å²) in [4.78, 5) is 21.0. The summed E-state index contributed by atoms with van der Waals surface area (Å²) < 4.78 is 35.5. The van der Waals surface area contributed by atoms with E-state index in [1.54, 1.807) is 43.1 Å². The summed E-state index contributed by atoms with van der Waals surface area (Å²) in [6.45, 7) is 0.520. The van der Waals surface area contributed by atoms with Crippen LogP contribution in [0.5, 0.6) is 6.01 Å². The molecule has 2 aliphatic rings. The van der Waals surface area contributed by atoms with E-state index in [4.69, 9.17) is 25.8 Å². The number of nitrogens with one attached hydrogen (secondary N) is 1. The molecule has 3 aromatic heterocycles. The number of halogens is 1. The average Bonchev–Trinajstić information content (AvgIpc) is 3.60. The minimum Gasteiger partial charge on any atom is -0.456 e. The largest absolute Gasteiger partial charge is 0.456 e. The number of pyridine rings is 1. The highest BCUT2D eigenvalue weighted by atomic mass is 35.5. The highest BCUT2D eigenvalue weighted by Gasteiger charge is 2.48. The van der Waals surface area contributed by atoms with Gasteiger partial charge in [-0.15, -0.1) is 0 Å². The van der Waals surface area contributed by atoms with Crippen molar-refractivity contribution in [3.8, 4) is 28.7 Å². The maximum absolute atomic E-state index is 12.5. The Morgan fingerprint density at radius 2 is 1.79 bits per heavy atom. The maximum Gasteiger partial charge on any atom is 0.296 e. The van der Waals surface area contributed by atoms with Crippen molar-refractivity contribution in [2.45, 2.75) is 24.4 Å². The maximum atomic E-state index is 12.5. The summed E-state index contributed by atoms with van der Waals surface area (Å²) in [6.07, 6.45) is 2.87. The molecule has 39 heavy (non-hydrogen) atoms. The van der Waals surface area contributed by atoms with Gasteiger partial charge in [-0.1, -0.05) is 35.9 Å². The van der Waals surface area contributed by atoms with Crippen LogP contribution in [-0.2, 0) is 19.4 Å². The molecule has 2 fully saturated rings. The normalized spacial score (nSPS) is 24.2. The van der Waals surface area contributed by atoms with Gasteiger partial charge in [0.25, 0.3) is 6.01 Å². The van der Waals surface area contributed by atoms with Crippen molar-refractivity contribution in [3.05, 3.63) is 47.7 Å². The van der Waals surface area contributed by atoms with Crippen LogP contribution in [0.25, 0.3) is 33.8 Å². The fourth-order valence-electron chi connectivity index (χ4n) is 4.41. The zero-order valence-corrected chi connectivity index (χ0v) is 22.9. The summed E-state index contributed by atoms with van der Waals surface area (Å²) >= 11 is 6.57. The van der Waals surface area contributed by atoms with Crippen molar-refractivity contribution in [3.63, 3.8) is 0 Å². The van der Waals surface area contributed by atoms with Crippen molar-refractivity contribution >= 4 is 38.4 Å². The van der Waals surface area contributed by atoms with E-state index in [0.29, 0.717) is 40.0 Å². The molecule has 204 valence electrons. The predicted octanol–water partition coefficient (Wildman–Crippen LogP) is 2.85. The third-order valence-corrected chi connectivity index (χ3v) is 8.85. The van der Waals surface area contributed by atoms with Crippen molar-refractivity contribution in [2.75, 3.05) is 33.6 Å².